The Morgan fingerprint density at radius 3 is 1.53 bits per heavy atom. The van der Waals surface area contributed by atoms with Gasteiger partial charge in [-0.3, -0.25) is 0 Å². The molecule has 0 fully saturated rings. The highest BCUT2D eigenvalue weighted by Crippen LogP contribution is 2.43. The zero-order valence-corrected chi connectivity index (χ0v) is 27.6. The van der Waals surface area contributed by atoms with Gasteiger partial charge in [0.05, 0.1) is 33.1 Å². The SMILES string of the molecule is c1ccc(-c2cccc(-c3ccc(-n4c5ccccc5c5ccc6oc7ccccc7c6c54)cc3)c2-n2c3ccccc3c3ccccc32)cc1. The first-order chi connectivity index (χ1) is 25.3. The predicted octanol–water partition coefficient (Wildman–Crippen LogP) is 13.1. The second-order valence-corrected chi connectivity index (χ2v) is 13.3. The third kappa shape index (κ3) is 4.06. The third-order valence-corrected chi connectivity index (χ3v) is 10.5. The fourth-order valence-corrected chi connectivity index (χ4v) is 8.35. The number of aromatic nitrogens is 2. The van der Waals surface area contributed by atoms with Crippen molar-refractivity contribution in [2.24, 2.45) is 0 Å². The fraction of sp³-hybridized carbons (Fsp3) is 0. The van der Waals surface area contributed by atoms with Crippen LogP contribution in [0.15, 0.2) is 186 Å². The third-order valence-electron chi connectivity index (χ3n) is 10.5. The van der Waals surface area contributed by atoms with E-state index in [1.165, 1.54) is 66.0 Å². The molecule has 0 saturated heterocycles. The van der Waals surface area contributed by atoms with Gasteiger partial charge >= 0.3 is 0 Å². The monoisotopic (exact) mass is 650 g/mol. The van der Waals surface area contributed by atoms with E-state index in [2.05, 4.69) is 185 Å². The summed E-state index contributed by atoms with van der Waals surface area (Å²) in [6.07, 6.45) is 0. The van der Waals surface area contributed by atoms with Crippen LogP contribution in [0.25, 0.3) is 99.2 Å². The number of nitrogens with zero attached hydrogens (tertiary/aromatic N) is 2. The molecule has 11 rings (SSSR count). The molecule has 3 heteroatoms. The molecule has 3 nitrogen and oxygen atoms in total. The molecule has 0 aliphatic rings. The van der Waals surface area contributed by atoms with Gasteiger partial charge < -0.3 is 13.6 Å². The first-order valence-corrected chi connectivity index (χ1v) is 17.4. The van der Waals surface area contributed by atoms with E-state index >= 15 is 0 Å². The molecule has 0 radical (unpaired) electrons. The fourth-order valence-electron chi connectivity index (χ4n) is 8.35. The van der Waals surface area contributed by atoms with Crippen molar-refractivity contribution in [1.29, 1.82) is 0 Å². The molecular weight excluding hydrogens is 621 g/mol. The zero-order chi connectivity index (χ0) is 33.5. The Hall–Kier alpha value is -6.84. The highest BCUT2D eigenvalue weighted by atomic mass is 16.3. The highest BCUT2D eigenvalue weighted by molar-refractivity contribution is 6.24. The summed E-state index contributed by atoms with van der Waals surface area (Å²) in [4.78, 5) is 0. The average molecular weight is 651 g/mol. The first-order valence-electron chi connectivity index (χ1n) is 17.4. The second kappa shape index (κ2) is 10.8. The minimum absolute atomic E-state index is 0.901. The predicted molar refractivity (Wildman–Crippen MR) is 213 cm³/mol. The van der Waals surface area contributed by atoms with Crippen LogP contribution in [0, 0.1) is 0 Å². The molecule has 0 N–H and O–H groups in total. The lowest BCUT2D eigenvalue weighted by molar-refractivity contribution is 0.669. The van der Waals surface area contributed by atoms with Crippen molar-refractivity contribution in [2.45, 2.75) is 0 Å². The van der Waals surface area contributed by atoms with Gasteiger partial charge in [0.15, 0.2) is 0 Å². The van der Waals surface area contributed by atoms with Crippen molar-refractivity contribution in [3.05, 3.63) is 182 Å². The quantitative estimate of drug-likeness (QED) is 0.186. The van der Waals surface area contributed by atoms with Crippen LogP contribution in [-0.2, 0) is 0 Å². The molecule has 238 valence electrons. The Morgan fingerprint density at radius 1 is 0.333 bits per heavy atom. The van der Waals surface area contributed by atoms with E-state index in [0.717, 1.165) is 33.2 Å². The van der Waals surface area contributed by atoms with Gasteiger partial charge in [-0.1, -0.05) is 133 Å². The number of para-hydroxylation sites is 5. The van der Waals surface area contributed by atoms with E-state index in [1.807, 2.05) is 6.07 Å². The lowest BCUT2D eigenvalue weighted by atomic mass is 9.95. The summed E-state index contributed by atoms with van der Waals surface area (Å²) in [5.74, 6) is 0. The average Bonchev–Trinajstić information content (AvgIpc) is 3.86. The largest absolute Gasteiger partial charge is 0.456 e. The molecule has 3 heterocycles. The summed E-state index contributed by atoms with van der Waals surface area (Å²) in [7, 11) is 0. The lowest BCUT2D eigenvalue weighted by Crippen LogP contribution is -2.01. The number of rotatable bonds is 4. The van der Waals surface area contributed by atoms with Crippen LogP contribution in [0.4, 0.5) is 0 Å². The van der Waals surface area contributed by atoms with Crippen LogP contribution in [0.1, 0.15) is 0 Å². The van der Waals surface area contributed by atoms with Gasteiger partial charge in [0.25, 0.3) is 0 Å². The molecule has 0 spiro atoms. The molecule has 0 aliphatic heterocycles. The first kappa shape index (κ1) is 28.0. The van der Waals surface area contributed by atoms with Gasteiger partial charge in [-0.25, -0.2) is 0 Å². The maximum absolute atomic E-state index is 6.37. The minimum atomic E-state index is 0.901. The summed E-state index contributed by atoms with van der Waals surface area (Å²) in [6.45, 7) is 0. The maximum Gasteiger partial charge on any atom is 0.137 e. The van der Waals surface area contributed by atoms with E-state index < -0.39 is 0 Å². The van der Waals surface area contributed by atoms with E-state index in [4.69, 9.17) is 4.42 Å². The molecule has 8 aromatic carbocycles. The number of hydrogen-bond donors (Lipinski definition) is 0. The highest BCUT2D eigenvalue weighted by Gasteiger charge is 2.21. The molecule has 0 atom stereocenters. The van der Waals surface area contributed by atoms with Crippen molar-refractivity contribution in [3.63, 3.8) is 0 Å². The molecule has 0 bridgehead atoms. The second-order valence-electron chi connectivity index (χ2n) is 13.3. The molecule has 51 heavy (non-hydrogen) atoms. The van der Waals surface area contributed by atoms with Gasteiger partial charge in [0, 0.05) is 43.7 Å². The Bertz CT molecular complexity index is 3070. The smallest absolute Gasteiger partial charge is 0.137 e. The van der Waals surface area contributed by atoms with Crippen LogP contribution in [0.5, 0.6) is 0 Å². The Balaban J connectivity index is 1.18. The van der Waals surface area contributed by atoms with Crippen molar-refractivity contribution in [2.75, 3.05) is 0 Å². The molecule has 3 aromatic heterocycles. The Labute approximate surface area is 293 Å². The van der Waals surface area contributed by atoms with E-state index in [-0.39, 0.29) is 0 Å². The number of furan rings is 1. The maximum atomic E-state index is 6.37. The van der Waals surface area contributed by atoms with Crippen molar-refractivity contribution >= 4 is 65.6 Å². The summed E-state index contributed by atoms with van der Waals surface area (Å²) in [6, 6.07) is 65.5. The van der Waals surface area contributed by atoms with Gasteiger partial charge in [0.1, 0.15) is 11.2 Å². The summed E-state index contributed by atoms with van der Waals surface area (Å²) in [5.41, 5.74) is 13.6. The van der Waals surface area contributed by atoms with E-state index in [1.54, 1.807) is 0 Å². The molecule has 0 unspecified atom stereocenters. The number of benzene rings is 8. The Kier molecular flexibility index (Phi) is 5.96. The van der Waals surface area contributed by atoms with Crippen molar-refractivity contribution < 1.29 is 4.42 Å². The lowest BCUT2D eigenvalue weighted by Gasteiger charge is -2.19. The molecular formula is C48H30N2O. The topological polar surface area (TPSA) is 23.0 Å². The summed E-state index contributed by atoms with van der Waals surface area (Å²) < 4.78 is 11.2. The molecule has 0 amide bonds. The Morgan fingerprint density at radius 2 is 0.863 bits per heavy atom. The van der Waals surface area contributed by atoms with Crippen LogP contribution >= 0.6 is 0 Å². The summed E-state index contributed by atoms with van der Waals surface area (Å²) >= 11 is 0. The number of fused-ring (bicyclic) bond motifs is 10. The van der Waals surface area contributed by atoms with Gasteiger partial charge in [-0.2, -0.15) is 0 Å². The van der Waals surface area contributed by atoms with Crippen LogP contribution in [-0.4, -0.2) is 9.13 Å². The van der Waals surface area contributed by atoms with E-state index in [0.29, 0.717) is 0 Å². The van der Waals surface area contributed by atoms with Crippen molar-refractivity contribution in [3.8, 4) is 33.6 Å². The van der Waals surface area contributed by atoms with Gasteiger partial charge in [-0.05, 0) is 59.7 Å². The molecule has 0 aliphatic carbocycles. The van der Waals surface area contributed by atoms with Gasteiger partial charge in [0.2, 0.25) is 0 Å². The number of hydrogen-bond acceptors (Lipinski definition) is 1. The minimum Gasteiger partial charge on any atom is -0.456 e. The van der Waals surface area contributed by atoms with Crippen LogP contribution < -0.4 is 0 Å². The van der Waals surface area contributed by atoms with Crippen LogP contribution in [0.2, 0.25) is 0 Å². The van der Waals surface area contributed by atoms with Crippen LogP contribution in [0.3, 0.4) is 0 Å². The molecule has 0 saturated carbocycles. The summed E-state index contributed by atoms with van der Waals surface area (Å²) in [5, 5.41) is 7.23. The zero-order valence-electron chi connectivity index (χ0n) is 27.6. The van der Waals surface area contributed by atoms with Crippen molar-refractivity contribution in [1.82, 2.24) is 9.13 Å². The molecule has 11 aromatic rings. The van der Waals surface area contributed by atoms with Gasteiger partial charge in [-0.15, -0.1) is 0 Å². The standard InChI is InChI=1S/C48H30N2O/c1-2-13-31(14-3-1)34-19-12-20-35(47(34)50-42-22-9-4-15-36(42)37-16-5-10-23-43(37)50)32-25-27-33(28-26-32)49-41-21-8-6-17-38(41)39-29-30-45-46(48(39)49)40-18-7-11-24-44(40)51-45/h1-30H. The normalized spacial score (nSPS) is 11.9. The van der Waals surface area contributed by atoms with E-state index in [9.17, 15) is 0 Å².